The largest absolute Gasteiger partial charge is 0.579 e. The van der Waals surface area contributed by atoms with E-state index in [0.717, 1.165) is 18.4 Å². The molecule has 1 aliphatic carbocycles. The zero-order valence-electron chi connectivity index (χ0n) is 22.6. The van der Waals surface area contributed by atoms with E-state index in [1.807, 2.05) is 48.5 Å². The molecule has 1 fully saturated rings. The fourth-order valence-corrected chi connectivity index (χ4v) is 6.31. The molecule has 6 rings (SSSR count). The van der Waals surface area contributed by atoms with Crippen molar-refractivity contribution in [2.75, 3.05) is 19.7 Å². The van der Waals surface area contributed by atoms with E-state index in [9.17, 15) is 10.0 Å². The van der Waals surface area contributed by atoms with Crippen LogP contribution in [0.15, 0.2) is 91.3 Å². The summed E-state index contributed by atoms with van der Waals surface area (Å²) in [5.41, 5.74) is 8.95. The number of piperidine rings is 1. The third-order valence-electron chi connectivity index (χ3n) is 8.14. The van der Waals surface area contributed by atoms with Crippen LogP contribution < -0.4 is 10.8 Å². The Balaban J connectivity index is 1.13. The first kappa shape index (κ1) is 27.5. The normalized spacial score (nSPS) is 16.7. The number of carbonyl (C=O) groups is 1. The topological polar surface area (TPSA) is 94.9 Å². The van der Waals surface area contributed by atoms with Crippen molar-refractivity contribution >= 4 is 17.5 Å². The Morgan fingerprint density at radius 3 is 2.29 bits per heavy atom. The van der Waals surface area contributed by atoms with Crippen molar-refractivity contribution in [1.82, 2.24) is 20.3 Å². The molecule has 4 aromatic rings. The molecule has 41 heavy (non-hydrogen) atoms. The summed E-state index contributed by atoms with van der Waals surface area (Å²) in [5, 5.41) is 13.5. The lowest BCUT2D eigenvalue weighted by atomic mass is 9.86. The SMILES string of the molecule is O=C(c1ncccn1)N1CCC(C(Cc2cccc(Cl)c2)N[NH+]([O-])OCC2c3ccccc3-c3ccccc32)CC1. The highest BCUT2D eigenvalue weighted by molar-refractivity contribution is 6.30. The second-order valence-electron chi connectivity index (χ2n) is 10.6. The number of nitrogens with one attached hydrogen (secondary N) is 2. The molecular weight excluding hydrogens is 538 g/mol. The van der Waals surface area contributed by atoms with Gasteiger partial charge in [-0.1, -0.05) is 72.3 Å². The van der Waals surface area contributed by atoms with Gasteiger partial charge in [-0.25, -0.2) is 9.97 Å². The van der Waals surface area contributed by atoms with Crippen molar-refractivity contribution in [2.24, 2.45) is 5.92 Å². The molecule has 2 N–H and O–H groups in total. The number of fused-ring (bicyclic) bond motifs is 3. The Bertz CT molecular complexity index is 1450. The molecule has 2 atom stereocenters. The average Bonchev–Trinajstić information content (AvgIpc) is 3.33. The highest BCUT2D eigenvalue weighted by Gasteiger charge is 2.33. The van der Waals surface area contributed by atoms with E-state index in [1.54, 1.807) is 23.4 Å². The van der Waals surface area contributed by atoms with E-state index in [-0.39, 0.29) is 36.2 Å². The molecule has 2 heterocycles. The van der Waals surface area contributed by atoms with Crippen LogP contribution in [0.5, 0.6) is 0 Å². The minimum absolute atomic E-state index is 0.00557. The van der Waals surface area contributed by atoms with Crippen LogP contribution in [0.4, 0.5) is 0 Å². The minimum atomic E-state index is -0.435. The number of nitrogens with zero attached hydrogens (tertiary/aromatic N) is 3. The smallest absolute Gasteiger partial charge is 0.291 e. The van der Waals surface area contributed by atoms with Gasteiger partial charge in [-0.15, -0.1) is 10.8 Å². The monoisotopic (exact) mass is 569 g/mol. The van der Waals surface area contributed by atoms with Crippen LogP contribution in [-0.4, -0.2) is 46.5 Å². The van der Waals surface area contributed by atoms with Crippen molar-refractivity contribution < 1.29 is 15.0 Å². The third-order valence-corrected chi connectivity index (χ3v) is 8.38. The molecule has 8 nitrogen and oxygen atoms in total. The van der Waals surface area contributed by atoms with Gasteiger partial charge >= 0.3 is 0 Å². The number of benzene rings is 3. The molecule has 1 saturated heterocycles. The highest BCUT2D eigenvalue weighted by Crippen LogP contribution is 2.44. The molecule has 2 aliphatic rings. The van der Waals surface area contributed by atoms with Gasteiger partial charge in [0.25, 0.3) is 5.91 Å². The summed E-state index contributed by atoms with van der Waals surface area (Å²) in [6, 6.07) is 25.8. The van der Waals surface area contributed by atoms with Gasteiger partial charge in [-0.3, -0.25) is 4.79 Å². The molecule has 0 saturated carbocycles. The lowest BCUT2D eigenvalue weighted by molar-refractivity contribution is -1.09. The van der Waals surface area contributed by atoms with E-state index in [0.29, 0.717) is 24.5 Å². The molecule has 210 valence electrons. The first-order valence-electron chi connectivity index (χ1n) is 14.0. The molecule has 1 aromatic heterocycles. The second kappa shape index (κ2) is 12.5. The number of likely N-dealkylation sites (tertiary alicyclic amines) is 1. The van der Waals surface area contributed by atoms with Crippen molar-refractivity contribution in [3.05, 3.63) is 124 Å². The Kier molecular flexibility index (Phi) is 8.36. The van der Waals surface area contributed by atoms with Crippen LogP contribution in [0.3, 0.4) is 0 Å². The number of hydrogen-bond acceptors (Lipinski definition) is 6. The van der Waals surface area contributed by atoms with Gasteiger partial charge in [-0.2, -0.15) is 4.84 Å². The van der Waals surface area contributed by atoms with Gasteiger partial charge in [0.05, 0.1) is 6.04 Å². The first-order valence-corrected chi connectivity index (χ1v) is 14.4. The maximum Gasteiger partial charge on any atom is 0.291 e. The van der Waals surface area contributed by atoms with Gasteiger partial charge in [0.2, 0.25) is 5.82 Å². The molecule has 2 unspecified atom stereocenters. The molecule has 3 aromatic carbocycles. The number of carbonyl (C=O) groups excluding carboxylic acids is 1. The Labute approximate surface area is 244 Å². The molecule has 0 spiro atoms. The number of halogens is 1. The maximum absolute atomic E-state index is 13.3. The fourth-order valence-electron chi connectivity index (χ4n) is 6.10. The molecule has 0 bridgehead atoms. The van der Waals surface area contributed by atoms with Gasteiger partial charge in [-0.05, 0) is 71.2 Å². The Hall–Kier alpha value is -3.66. The van der Waals surface area contributed by atoms with Gasteiger partial charge in [0.15, 0.2) is 0 Å². The second-order valence-corrected chi connectivity index (χ2v) is 11.0. The van der Waals surface area contributed by atoms with E-state index < -0.39 is 5.34 Å². The summed E-state index contributed by atoms with van der Waals surface area (Å²) < 4.78 is 0. The van der Waals surface area contributed by atoms with E-state index >= 15 is 0 Å². The standard InChI is InChI=1S/C32H32ClN5O3/c33-24-8-5-7-22(19-24)20-30(23-13-17-37(18-14-23)32(39)31-34-15-6-16-35-31)36-38(40)41-21-29-27-11-3-1-9-25(27)26-10-2-4-12-28(26)29/h1-12,15-16,19,23,29-30,36,38H,13-14,17-18,20-21H2. The molecule has 0 radical (unpaired) electrons. The summed E-state index contributed by atoms with van der Waals surface area (Å²) in [6.45, 7) is 1.40. The third kappa shape index (κ3) is 6.17. The van der Waals surface area contributed by atoms with Crippen molar-refractivity contribution in [1.29, 1.82) is 0 Å². The summed E-state index contributed by atoms with van der Waals surface area (Å²) >= 11 is 6.27. The van der Waals surface area contributed by atoms with Gasteiger partial charge < -0.3 is 10.1 Å². The van der Waals surface area contributed by atoms with Crippen molar-refractivity contribution in [3.8, 4) is 11.1 Å². The first-order chi connectivity index (χ1) is 20.1. The van der Waals surface area contributed by atoms with Crippen LogP contribution in [0.25, 0.3) is 11.1 Å². The molecule has 1 aliphatic heterocycles. The zero-order valence-corrected chi connectivity index (χ0v) is 23.3. The molecular formula is C32H32ClN5O3. The number of quaternary nitrogens is 1. The van der Waals surface area contributed by atoms with Crippen LogP contribution in [-0.2, 0) is 11.3 Å². The van der Waals surface area contributed by atoms with Crippen LogP contribution in [0.2, 0.25) is 5.02 Å². The van der Waals surface area contributed by atoms with E-state index in [4.69, 9.17) is 16.4 Å². The van der Waals surface area contributed by atoms with Crippen molar-refractivity contribution in [2.45, 2.75) is 31.2 Å². The predicted octanol–water partition coefficient (Wildman–Crippen LogP) is 4.22. The zero-order chi connectivity index (χ0) is 28.2. The average molecular weight is 570 g/mol. The van der Waals surface area contributed by atoms with Crippen LogP contribution in [0, 0.1) is 11.1 Å². The molecule has 1 amide bonds. The minimum Gasteiger partial charge on any atom is -0.579 e. The van der Waals surface area contributed by atoms with E-state index in [2.05, 4.69) is 39.7 Å². The number of rotatable bonds is 9. The van der Waals surface area contributed by atoms with Gasteiger partial charge in [0, 0.05) is 36.4 Å². The maximum atomic E-state index is 13.3. The number of aromatic nitrogens is 2. The Morgan fingerprint density at radius 1 is 0.976 bits per heavy atom. The lowest BCUT2D eigenvalue weighted by Gasteiger charge is -2.37. The van der Waals surface area contributed by atoms with Gasteiger partial charge in [0.1, 0.15) is 6.61 Å². The molecule has 9 heteroatoms. The van der Waals surface area contributed by atoms with Crippen LogP contribution in [0.1, 0.15) is 46.1 Å². The summed E-state index contributed by atoms with van der Waals surface area (Å²) in [6.07, 6.45) is 5.25. The summed E-state index contributed by atoms with van der Waals surface area (Å²) in [5.74, 6) is 0.197. The summed E-state index contributed by atoms with van der Waals surface area (Å²) in [7, 11) is 0. The highest BCUT2D eigenvalue weighted by atomic mass is 35.5. The summed E-state index contributed by atoms with van der Waals surface area (Å²) in [4.78, 5) is 28.7. The van der Waals surface area contributed by atoms with Crippen LogP contribution >= 0.6 is 11.6 Å². The number of amides is 1. The van der Waals surface area contributed by atoms with Crippen molar-refractivity contribution in [3.63, 3.8) is 0 Å². The Morgan fingerprint density at radius 2 is 1.63 bits per heavy atom. The van der Waals surface area contributed by atoms with E-state index in [1.165, 1.54) is 22.3 Å². The number of hydrogen-bond donors (Lipinski definition) is 2. The lowest BCUT2D eigenvalue weighted by Crippen LogP contribution is -3.14. The quantitative estimate of drug-likeness (QED) is 0.293. The fraction of sp³-hybridized carbons (Fsp3) is 0.281. The predicted molar refractivity (Wildman–Crippen MR) is 157 cm³/mol.